The molecule has 0 fully saturated rings. The van der Waals surface area contributed by atoms with Crippen LogP contribution in [0.3, 0.4) is 0 Å². The van der Waals surface area contributed by atoms with Gasteiger partial charge in [-0.2, -0.15) is 5.01 Å². The second-order valence-electron chi connectivity index (χ2n) is 5.25. The Morgan fingerprint density at radius 2 is 2.23 bits per heavy atom. The van der Waals surface area contributed by atoms with Crippen molar-refractivity contribution in [3.05, 3.63) is 55.4 Å². The minimum atomic E-state index is -0.852. The highest BCUT2D eigenvalue weighted by atomic mass is 79.9. The predicted molar refractivity (Wildman–Crippen MR) is 99.2 cm³/mol. The van der Waals surface area contributed by atoms with Crippen LogP contribution in [0.1, 0.15) is 30.5 Å². The number of benzene rings is 1. The maximum absolute atomic E-state index is 12.0. The van der Waals surface area contributed by atoms with E-state index in [4.69, 9.17) is 9.47 Å². The van der Waals surface area contributed by atoms with Gasteiger partial charge in [0, 0.05) is 17.5 Å². The van der Waals surface area contributed by atoms with E-state index in [2.05, 4.69) is 21.0 Å². The molecule has 136 valence electrons. The molecule has 10 heteroatoms. The molecule has 2 heterocycles. The molecule has 0 aliphatic carbocycles. The van der Waals surface area contributed by atoms with Crippen LogP contribution in [-0.2, 0) is 9.53 Å². The van der Waals surface area contributed by atoms with E-state index in [9.17, 15) is 14.9 Å². The number of halogens is 1. The summed E-state index contributed by atoms with van der Waals surface area (Å²) in [6, 6.07) is 8.32. The van der Waals surface area contributed by atoms with Gasteiger partial charge in [-0.15, -0.1) is 5.10 Å². The summed E-state index contributed by atoms with van der Waals surface area (Å²) in [5.74, 6) is 0.441. The lowest BCUT2D eigenvalue weighted by Crippen LogP contribution is -2.24. The van der Waals surface area contributed by atoms with E-state index in [1.54, 1.807) is 18.2 Å². The molecule has 1 aliphatic rings. The van der Waals surface area contributed by atoms with Gasteiger partial charge in [-0.05, 0) is 31.2 Å². The van der Waals surface area contributed by atoms with Crippen molar-refractivity contribution in [3.8, 4) is 5.75 Å². The summed E-state index contributed by atoms with van der Waals surface area (Å²) < 4.78 is 12.3. The van der Waals surface area contributed by atoms with E-state index >= 15 is 0 Å². The first-order chi connectivity index (χ1) is 12.4. The third-order valence-corrected chi connectivity index (χ3v) is 5.04. The smallest absolute Gasteiger partial charge is 0.324 e. The first-order valence-electron chi connectivity index (χ1n) is 7.62. The largest absolute Gasteiger partial charge is 0.493 e. The third-order valence-electron chi connectivity index (χ3n) is 3.47. The van der Waals surface area contributed by atoms with Crippen LogP contribution in [0.5, 0.6) is 5.75 Å². The second-order valence-corrected chi connectivity index (χ2v) is 7.26. The highest BCUT2D eigenvalue weighted by Crippen LogP contribution is 2.38. The number of thiophene rings is 1. The summed E-state index contributed by atoms with van der Waals surface area (Å²) in [5.41, 5.74) is 0.584. The van der Waals surface area contributed by atoms with Gasteiger partial charge >= 0.3 is 5.00 Å². The van der Waals surface area contributed by atoms with Crippen molar-refractivity contribution < 1.29 is 19.2 Å². The molecule has 1 aromatic heterocycles. The molecule has 0 N–H and O–H groups in total. The monoisotopic (exact) mass is 439 g/mol. The molecule has 0 unspecified atom stereocenters. The van der Waals surface area contributed by atoms with Crippen LogP contribution >= 0.6 is 27.3 Å². The van der Waals surface area contributed by atoms with E-state index in [0.29, 0.717) is 22.8 Å². The number of carbonyl (C=O) groups excluding carboxylic acids is 1. The number of amides is 1. The van der Waals surface area contributed by atoms with Gasteiger partial charge in [0.2, 0.25) is 18.0 Å². The lowest BCUT2D eigenvalue weighted by atomic mass is 10.2. The Morgan fingerprint density at radius 1 is 1.46 bits per heavy atom. The highest BCUT2D eigenvalue weighted by molar-refractivity contribution is 9.10. The van der Waals surface area contributed by atoms with E-state index in [1.807, 2.05) is 13.0 Å². The molecular weight excluding hydrogens is 426 g/mol. The maximum Gasteiger partial charge on any atom is 0.324 e. The summed E-state index contributed by atoms with van der Waals surface area (Å²) in [5, 5.41) is 16.3. The summed E-state index contributed by atoms with van der Waals surface area (Å²) in [6.45, 7) is 3.67. The Bertz CT molecular complexity index is 898. The lowest BCUT2D eigenvalue weighted by molar-refractivity contribution is -0.380. The maximum atomic E-state index is 12.0. The van der Waals surface area contributed by atoms with Crippen molar-refractivity contribution in [2.24, 2.45) is 5.10 Å². The van der Waals surface area contributed by atoms with Gasteiger partial charge in [-0.3, -0.25) is 14.9 Å². The molecule has 2 aromatic rings. The summed E-state index contributed by atoms with van der Waals surface area (Å²) in [4.78, 5) is 23.0. The average molecular weight is 440 g/mol. The van der Waals surface area contributed by atoms with Gasteiger partial charge in [-0.1, -0.05) is 27.3 Å². The normalized spacial score (nSPS) is 16.2. The molecule has 0 spiro atoms. The number of rotatable bonds is 5. The Hall–Kier alpha value is -2.46. The minimum Gasteiger partial charge on any atom is -0.493 e. The fourth-order valence-electron chi connectivity index (χ4n) is 2.38. The number of hydrogen-bond donors (Lipinski definition) is 0. The molecule has 1 aromatic carbocycles. The number of hydrogen-bond acceptors (Lipinski definition) is 7. The fraction of sp³-hybridized carbons (Fsp3) is 0.250. The zero-order chi connectivity index (χ0) is 18.8. The van der Waals surface area contributed by atoms with Crippen molar-refractivity contribution in [2.75, 3.05) is 6.61 Å². The predicted octanol–water partition coefficient (Wildman–Crippen LogP) is 4.06. The van der Waals surface area contributed by atoms with E-state index in [0.717, 1.165) is 15.8 Å². The average Bonchev–Trinajstić information content (AvgIpc) is 3.23. The van der Waals surface area contributed by atoms with Gasteiger partial charge in [0.25, 0.3) is 0 Å². The number of nitro groups is 1. The Balaban J connectivity index is 1.98. The molecular formula is C16H14BrN3O5S. The topological polar surface area (TPSA) is 94.3 Å². The molecule has 0 saturated heterocycles. The van der Waals surface area contributed by atoms with Gasteiger partial charge in [0.1, 0.15) is 5.75 Å². The van der Waals surface area contributed by atoms with Crippen LogP contribution in [0.25, 0.3) is 0 Å². The SMILES string of the molecule is CCOc1ccc(Br)cc1C1=NN(C(C)=O)[C@H](c2ccc([N+](=O)[O-])s2)O1. The molecule has 3 rings (SSSR count). The second kappa shape index (κ2) is 7.42. The van der Waals surface area contributed by atoms with Gasteiger partial charge in [0.15, 0.2) is 0 Å². The van der Waals surface area contributed by atoms with Crippen molar-refractivity contribution in [3.63, 3.8) is 0 Å². The standard InChI is InChI=1S/C16H14BrN3O5S/c1-3-24-12-5-4-10(17)8-11(12)15-18-19(9(2)21)16(25-15)13-6-7-14(26-13)20(22)23/h4-8,16H,3H2,1-2H3/t16-/m0/s1. The lowest BCUT2D eigenvalue weighted by Gasteiger charge is -2.17. The van der Waals surface area contributed by atoms with Gasteiger partial charge < -0.3 is 9.47 Å². The van der Waals surface area contributed by atoms with Crippen LogP contribution in [0.2, 0.25) is 0 Å². The fourth-order valence-corrected chi connectivity index (χ4v) is 3.58. The Labute approximate surface area is 161 Å². The third kappa shape index (κ3) is 3.56. The van der Waals surface area contributed by atoms with E-state index < -0.39 is 11.2 Å². The van der Waals surface area contributed by atoms with Crippen LogP contribution in [0.15, 0.2) is 39.9 Å². The quantitative estimate of drug-likeness (QED) is 0.517. The number of ether oxygens (including phenoxy) is 2. The molecule has 0 saturated carbocycles. The Morgan fingerprint density at radius 3 is 2.85 bits per heavy atom. The van der Waals surface area contributed by atoms with Crippen LogP contribution in [-0.4, -0.2) is 28.3 Å². The van der Waals surface area contributed by atoms with Crippen molar-refractivity contribution >= 4 is 44.1 Å². The van der Waals surface area contributed by atoms with Crippen LogP contribution in [0.4, 0.5) is 5.00 Å². The number of hydrazone groups is 1. The summed E-state index contributed by atoms with van der Waals surface area (Å²) >= 11 is 4.34. The molecule has 0 radical (unpaired) electrons. The van der Waals surface area contributed by atoms with Gasteiger partial charge in [0.05, 0.1) is 22.0 Å². The first kappa shape index (κ1) is 18.3. The number of nitrogens with zero attached hydrogens (tertiary/aromatic N) is 3. The summed E-state index contributed by atoms with van der Waals surface area (Å²) in [7, 11) is 0. The van der Waals surface area contributed by atoms with Gasteiger partial charge in [-0.25, -0.2) is 0 Å². The number of carbonyl (C=O) groups is 1. The van der Waals surface area contributed by atoms with E-state index in [-0.39, 0.29) is 16.8 Å². The molecule has 1 amide bonds. The zero-order valence-electron chi connectivity index (χ0n) is 13.8. The molecule has 1 aliphatic heterocycles. The van der Waals surface area contributed by atoms with Crippen LogP contribution < -0.4 is 4.74 Å². The molecule has 1 atom stereocenters. The molecule has 8 nitrogen and oxygen atoms in total. The van der Waals surface area contributed by atoms with E-state index in [1.165, 1.54) is 18.0 Å². The molecule has 0 bridgehead atoms. The van der Waals surface area contributed by atoms with Crippen molar-refractivity contribution in [1.82, 2.24) is 5.01 Å². The minimum absolute atomic E-state index is 0.0296. The highest BCUT2D eigenvalue weighted by Gasteiger charge is 2.36. The molecule has 26 heavy (non-hydrogen) atoms. The zero-order valence-corrected chi connectivity index (χ0v) is 16.2. The Kier molecular flexibility index (Phi) is 5.23. The summed E-state index contributed by atoms with van der Waals surface area (Å²) in [6.07, 6.45) is -0.852. The van der Waals surface area contributed by atoms with Crippen LogP contribution in [0, 0.1) is 10.1 Å². The van der Waals surface area contributed by atoms with Crippen molar-refractivity contribution in [2.45, 2.75) is 20.1 Å². The van der Waals surface area contributed by atoms with Crippen molar-refractivity contribution in [1.29, 1.82) is 0 Å². The first-order valence-corrected chi connectivity index (χ1v) is 9.23.